The standard InChI is InChI=1S/C26H24ClN9O4/c27-19-4-7-23(36-16-32-34-35-36)18(11-19)3-8-24(37)33-21(12-25(38)31-15-22-13-28-9-10-29-22)14-30-20-5-1-17(2-6-20)26(39)40/h1-11,13,16,21,30H,12,14-15H2,(H,31,38)(H,33,37)(H,39,40)/b8-3+/t21-/m0/s1. The van der Waals surface area contributed by atoms with Gasteiger partial charge in [0.2, 0.25) is 11.8 Å². The fourth-order valence-corrected chi connectivity index (χ4v) is 3.79. The van der Waals surface area contributed by atoms with Gasteiger partial charge in [-0.05, 0) is 59.0 Å². The van der Waals surface area contributed by atoms with Crippen molar-refractivity contribution in [1.29, 1.82) is 0 Å². The summed E-state index contributed by atoms with van der Waals surface area (Å²) in [5.41, 5.74) is 2.58. The van der Waals surface area contributed by atoms with Crippen LogP contribution in [0.1, 0.15) is 28.0 Å². The molecule has 2 aromatic heterocycles. The molecule has 0 aliphatic carbocycles. The van der Waals surface area contributed by atoms with E-state index >= 15 is 0 Å². The Morgan fingerprint density at radius 3 is 2.62 bits per heavy atom. The summed E-state index contributed by atoms with van der Waals surface area (Å²) in [7, 11) is 0. The average molecular weight is 562 g/mol. The van der Waals surface area contributed by atoms with Gasteiger partial charge in [-0.3, -0.25) is 19.6 Å². The molecule has 0 radical (unpaired) electrons. The Kier molecular flexibility index (Phi) is 9.45. The Labute approximate surface area is 233 Å². The molecule has 0 saturated heterocycles. The number of halogens is 1. The molecule has 204 valence electrons. The Balaban J connectivity index is 1.43. The van der Waals surface area contributed by atoms with Crippen molar-refractivity contribution in [1.82, 2.24) is 40.8 Å². The van der Waals surface area contributed by atoms with Crippen LogP contribution in [0, 0.1) is 0 Å². The molecule has 2 heterocycles. The van der Waals surface area contributed by atoms with Gasteiger partial charge in [-0.2, -0.15) is 4.68 Å². The van der Waals surface area contributed by atoms with Gasteiger partial charge < -0.3 is 21.1 Å². The molecular weight excluding hydrogens is 538 g/mol. The highest BCUT2D eigenvalue weighted by molar-refractivity contribution is 6.30. The second-order valence-corrected chi connectivity index (χ2v) is 8.87. The monoisotopic (exact) mass is 561 g/mol. The first kappa shape index (κ1) is 27.9. The molecule has 0 saturated carbocycles. The van der Waals surface area contributed by atoms with Crippen molar-refractivity contribution in [3.8, 4) is 5.69 Å². The molecule has 4 aromatic rings. The molecule has 4 N–H and O–H groups in total. The smallest absolute Gasteiger partial charge is 0.335 e. The topological polar surface area (TPSA) is 177 Å². The van der Waals surface area contributed by atoms with Crippen LogP contribution in [0.15, 0.2) is 73.5 Å². The maximum absolute atomic E-state index is 12.9. The van der Waals surface area contributed by atoms with Gasteiger partial charge in [0.25, 0.3) is 0 Å². The first-order valence-corrected chi connectivity index (χ1v) is 12.4. The molecule has 0 aliphatic heterocycles. The van der Waals surface area contributed by atoms with Crippen molar-refractivity contribution >= 4 is 41.1 Å². The SMILES string of the molecule is O=C(/C=C/c1cc(Cl)ccc1-n1cnnn1)N[C@H](CNc1ccc(C(=O)O)cc1)CC(=O)NCc1cnccn1. The number of hydrogen-bond acceptors (Lipinski definition) is 9. The van der Waals surface area contributed by atoms with Crippen LogP contribution in [0.3, 0.4) is 0 Å². The lowest BCUT2D eigenvalue weighted by Crippen LogP contribution is -2.42. The van der Waals surface area contributed by atoms with E-state index < -0.39 is 17.9 Å². The molecule has 13 nitrogen and oxygen atoms in total. The molecule has 0 bridgehead atoms. The van der Waals surface area contributed by atoms with Crippen LogP contribution in [0.2, 0.25) is 5.02 Å². The van der Waals surface area contributed by atoms with Crippen LogP contribution in [0.5, 0.6) is 0 Å². The molecule has 0 aliphatic rings. The number of rotatable bonds is 12. The number of aromatic nitrogens is 6. The number of carboxylic acids is 1. The lowest BCUT2D eigenvalue weighted by molar-refractivity contribution is -0.122. The second kappa shape index (κ2) is 13.6. The number of nitrogens with zero attached hydrogens (tertiary/aromatic N) is 6. The van der Waals surface area contributed by atoms with Crippen molar-refractivity contribution in [2.75, 3.05) is 11.9 Å². The number of carboxylic acid groups (broad SMARTS) is 1. The summed E-state index contributed by atoms with van der Waals surface area (Å²) in [6.07, 6.45) is 8.90. The number of benzene rings is 2. The number of nitrogens with one attached hydrogen (secondary N) is 3. The van der Waals surface area contributed by atoms with E-state index in [9.17, 15) is 14.4 Å². The molecule has 1 atom stereocenters. The first-order chi connectivity index (χ1) is 19.4. The Morgan fingerprint density at radius 2 is 1.93 bits per heavy atom. The predicted molar refractivity (Wildman–Crippen MR) is 146 cm³/mol. The van der Waals surface area contributed by atoms with Crippen molar-refractivity contribution in [2.24, 2.45) is 0 Å². The third kappa shape index (κ3) is 8.16. The van der Waals surface area contributed by atoms with Crippen molar-refractivity contribution in [3.05, 3.63) is 95.3 Å². The molecule has 4 rings (SSSR count). The Morgan fingerprint density at radius 1 is 1.10 bits per heavy atom. The minimum atomic E-state index is -1.04. The molecular formula is C26H24ClN9O4. The van der Waals surface area contributed by atoms with Crippen LogP contribution in [-0.2, 0) is 16.1 Å². The van der Waals surface area contributed by atoms with Crippen LogP contribution in [0.25, 0.3) is 11.8 Å². The molecule has 2 amide bonds. The number of anilines is 1. The summed E-state index contributed by atoms with van der Waals surface area (Å²) in [6.45, 7) is 0.379. The van der Waals surface area contributed by atoms with Gasteiger partial charge in [0, 0.05) is 47.7 Å². The summed E-state index contributed by atoms with van der Waals surface area (Å²) in [4.78, 5) is 44.8. The number of carbonyl (C=O) groups excluding carboxylic acids is 2. The van der Waals surface area contributed by atoms with Gasteiger partial charge >= 0.3 is 5.97 Å². The van der Waals surface area contributed by atoms with E-state index in [1.54, 1.807) is 42.6 Å². The van der Waals surface area contributed by atoms with Gasteiger partial charge in [-0.15, -0.1) is 5.10 Å². The van der Waals surface area contributed by atoms with E-state index in [2.05, 4.69) is 41.4 Å². The largest absolute Gasteiger partial charge is 0.478 e. The quantitative estimate of drug-likeness (QED) is 0.187. The third-order valence-electron chi connectivity index (χ3n) is 5.55. The average Bonchev–Trinajstić information content (AvgIpc) is 3.49. The van der Waals surface area contributed by atoms with Gasteiger partial charge in [0.1, 0.15) is 6.33 Å². The lowest BCUT2D eigenvalue weighted by Gasteiger charge is -2.19. The maximum atomic E-state index is 12.9. The van der Waals surface area contributed by atoms with Crippen LogP contribution in [-0.4, -0.2) is 65.7 Å². The summed E-state index contributed by atoms with van der Waals surface area (Å²) >= 11 is 6.15. The zero-order valence-corrected chi connectivity index (χ0v) is 21.7. The molecule has 40 heavy (non-hydrogen) atoms. The number of carbonyl (C=O) groups is 3. The Bertz CT molecular complexity index is 1480. The van der Waals surface area contributed by atoms with Crippen LogP contribution in [0.4, 0.5) is 5.69 Å². The predicted octanol–water partition coefficient (Wildman–Crippen LogP) is 2.12. The minimum absolute atomic E-state index is 0.0346. The number of amides is 2. The summed E-state index contributed by atoms with van der Waals surface area (Å²) in [5.74, 6) is -1.79. The summed E-state index contributed by atoms with van der Waals surface area (Å²) in [6, 6.07) is 10.6. The molecule has 0 spiro atoms. The first-order valence-electron chi connectivity index (χ1n) is 12.0. The fourth-order valence-electron chi connectivity index (χ4n) is 3.61. The van der Waals surface area contributed by atoms with E-state index in [-0.39, 0.29) is 31.0 Å². The van der Waals surface area contributed by atoms with Crippen LogP contribution >= 0.6 is 11.6 Å². The summed E-state index contributed by atoms with van der Waals surface area (Å²) < 4.78 is 1.44. The molecule has 0 fully saturated rings. The number of hydrogen-bond donors (Lipinski definition) is 4. The number of tetrazole rings is 1. The normalized spacial score (nSPS) is 11.6. The second-order valence-electron chi connectivity index (χ2n) is 8.44. The molecule has 14 heteroatoms. The highest BCUT2D eigenvalue weighted by Crippen LogP contribution is 2.20. The van der Waals surface area contributed by atoms with Crippen molar-refractivity contribution in [3.63, 3.8) is 0 Å². The zero-order valence-electron chi connectivity index (χ0n) is 20.9. The Hall–Kier alpha value is -5.17. The molecule has 0 unspecified atom stereocenters. The van der Waals surface area contributed by atoms with E-state index in [0.29, 0.717) is 27.7 Å². The van der Waals surface area contributed by atoms with Crippen molar-refractivity contribution < 1.29 is 19.5 Å². The van der Waals surface area contributed by atoms with E-state index in [0.717, 1.165) is 0 Å². The third-order valence-corrected chi connectivity index (χ3v) is 5.78. The van der Waals surface area contributed by atoms with Gasteiger partial charge in [-0.1, -0.05) is 11.6 Å². The van der Waals surface area contributed by atoms with Gasteiger partial charge in [-0.25, -0.2) is 4.79 Å². The van der Waals surface area contributed by atoms with Gasteiger partial charge in [0.05, 0.1) is 35.7 Å². The van der Waals surface area contributed by atoms with E-state index in [4.69, 9.17) is 16.7 Å². The van der Waals surface area contributed by atoms with E-state index in [1.807, 2.05) is 0 Å². The zero-order chi connectivity index (χ0) is 28.3. The van der Waals surface area contributed by atoms with E-state index in [1.165, 1.54) is 41.6 Å². The molecule has 2 aromatic carbocycles. The maximum Gasteiger partial charge on any atom is 0.335 e. The van der Waals surface area contributed by atoms with Crippen LogP contribution < -0.4 is 16.0 Å². The summed E-state index contributed by atoms with van der Waals surface area (Å²) in [5, 5.41) is 29.4. The number of aromatic carboxylic acids is 1. The highest BCUT2D eigenvalue weighted by atomic mass is 35.5. The lowest BCUT2D eigenvalue weighted by atomic mass is 10.1. The fraction of sp³-hybridized carbons (Fsp3) is 0.154. The van der Waals surface area contributed by atoms with Gasteiger partial charge in [0.15, 0.2) is 0 Å². The van der Waals surface area contributed by atoms with Crippen molar-refractivity contribution in [2.45, 2.75) is 19.0 Å². The minimum Gasteiger partial charge on any atom is -0.478 e. The highest BCUT2D eigenvalue weighted by Gasteiger charge is 2.16.